The third kappa shape index (κ3) is 6.27. The van der Waals surface area contributed by atoms with Crippen LogP contribution in [0.5, 0.6) is 11.5 Å². The van der Waals surface area contributed by atoms with Crippen LogP contribution in [-0.4, -0.2) is 4.98 Å². The topological polar surface area (TPSA) is 45.0 Å². The molecule has 2 aliphatic rings. The van der Waals surface area contributed by atoms with Crippen molar-refractivity contribution in [3.8, 4) is 33.8 Å². The Balaban J connectivity index is 0.00000420. The zero-order valence-electron chi connectivity index (χ0n) is 32.6. The molecule has 0 radical (unpaired) electrons. The molecular formula is C52H37N4O2Pt-3. The Morgan fingerprint density at radius 3 is 2.07 bits per heavy atom. The Morgan fingerprint density at radius 2 is 1.25 bits per heavy atom. The van der Waals surface area contributed by atoms with Crippen molar-refractivity contribution in [2.75, 3.05) is 14.7 Å². The minimum absolute atomic E-state index is 0. The molecule has 290 valence electrons. The van der Waals surface area contributed by atoms with Crippen molar-refractivity contribution in [3.63, 3.8) is 0 Å². The summed E-state index contributed by atoms with van der Waals surface area (Å²) in [6.07, 6.45) is 1.91. The minimum Gasteiger partial charge on any atom is -0.509 e. The zero-order valence-corrected chi connectivity index (χ0v) is 34.9. The van der Waals surface area contributed by atoms with Crippen molar-refractivity contribution in [3.05, 3.63) is 188 Å². The SMILES string of the molecule is CC(C)(C)c1ccnc(N2c3[c-]c(Oc4[c-]c(N5[CH-]N(c6ccc7c(c6)oc6ccccc67)c6ccccc65)ccc4)ccc3-c3ccccc3-c3ccccc32)c1.[Pt]. The number of hydrogen-bond acceptors (Lipinski definition) is 6. The predicted molar refractivity (Wildman–Crippen MR) is 235 cm³/mol. The van der Waals surface area contributed by atoms with Crippen LogP contribution in [0.4, 0.5) is 39.9 Å². The number of nitrogens with zero attached hydrogens (tertiary/aromatic N) is 4. The Bertz CT molecular complexity index is 3060. The second-order valence-corrected chi connectivity index (χ2v) is 15.8. The molecular weight excluding hydrogens is 908 g/mol. The number of pyridine rings is 1. The molecule has 2 aliphatic heterocycles. The van der Waals surface area contributed by atoms with Crippen molar-refractivity contribution in [1.29, 1.82) is 0 Å². The molecule has 0 saturated heterocycles. The van der Waals surface area contributed by atoms with Gasteiger partial charge in [-0.1, -0.05) is 105 Å². The first-order chi connectivity index (χ1) is 28.4. The summed E-state index contributed by atoms with van der Waals surface area (Å²) < 4.78 is 12.9. The molecule has 0 bridgehead atoms. The smallest absolute Gasteiger partial charge is 0.137 e. The molecule has 7 aromatic carbocycles. The van der Waals surface area contributed by atoms with Gasteiger partial charge >= 0.3 is 0 Å². The van der Waals surface area contributed by atoms with Crippen molar-refractivity contribution in [2.45, 2.75) is 26.2 Å². The maximum absolute atomic E-state index is 6.68. The average molecular weight is 945 g/mol. The van der Waals surface area contributed by atoms with Crippen LogP contribution in [0.25, 0.3) is 44.2 Å². The summed E-state index contributed by atoms with van der Waals surface area (Å²) in [7, 11) is 0. The van der Waals surface area contributed by atoms with E-state index in [1.165, 1.54) is 5.56 Å². The van der Waals surface area contributed by atoms with Crippen LogP contribution in [0.2, 0.25) is 0 Å². The van der Waals surface area contributed by atoms with E-state index < -0.39 is 0 Å². The average Bonchev–Trinajstić information content (AvgIpc) is 3.79. The number of fused-ring (bicyclic) bond motifs is 9. The van der Waals surface area contributed by atoms with Gasteiger partial charge in [0.1, 0.15) is 17.0 Å². The van der Waals surface area contributed by atoms with Gasteiger partial charge in [0.25, 0.3) is 0 Å². The van der Waals surface area contributed by atoms with Crippen LogP contribution >= 0.6 is 0 Å². The molecule has 2 aromatic heterocycles. The van der Waals surface area contributed by atoms with E-state index in [0.717, 1.165) is 84.1 Å². The van der Waals surface area contributed by atoms with Crippen LogP contribution in [0.3, 0.4) is 0 Å². The largest absolute Gasteiger partial charge is 0.509 e. The van der Waals surface area contributed by atoms with Gasteiger partial charge in [0, 0.05) is 78.2 Å². The van der Waals surface area contributed by atoms with Crippen LogP contribution in [-0.2, 0) is 26.5 Å². The molecule has 7 heteroatoms. The van der Waals surface area contributed by atoms with Crippen LogP contribution in [0.1, 0.15) is 26.3 Å². The Labute approximate surface area is 358 Å². The summed E-state index contributed by atoms with van der Waals surface area (Å²) in [4.78, 5) is 11.5. The fourth-order valence-electron chi connectivity index (χ4n) is 8.26. The molecule has 4 heterocycles. The maximum atomic E-state index is 6.68. The maximum Gasteiger partial charge on any atom is 0.137 e. The summed E-state index contributed by atoms with van der Waals surface area (Å²) in [5.74, 6) is 1.98. The number of ether oxygens (including phenoxy) is 1. The molecule has 0 saturated carbocycles. The second kappa shape index (κ2) is 14.3. The molecule has 0 N–H and O–H groups in total. The van der Waals surface area contributed by atoms with Crippen molar-refractivity contribution in [1.82, 2.24) is 4.98 Å². The molecule has 9 aromatic rings. The number of anilines is 7. The van der Waals surface area contributed by atoms with E-state index in [-0.39, 0.29) is 26.5 Å². The van der Waals surface area contributed by atoms with Gasteiger partial charge in [-0.05, 0) is 65.1 Å². The van der Waals surface area contributed by atoms with Gasteiger partial charge in [0.05, 0.1) is 5.69 Å². The Kier molecular flexibility index (Phi) is 8.92. The summed E-state index contributed by atoms with van der Waals surface area (Å²) in [5, 5.41) is 2.21. The third-order valence-electron chi connectivity index (χ3n) is 11.1. The van der Waals surface area contributed by atoms with Gasteiger partial charge < -0.3 is 23.9 Å². The Hall–Kier alpha value is -6.62. The number of furan rings is 1. The van der Waals surface area contributed by atoms with E-state index >= 15 is 0 Å². The molecule has 0 fully saturated rings. The normalized spacial score (nSPS) is 13.0. The summed E-state index contributed by atoms with van der Waals surface area (Å²) in [6.45, 7) is 8.79. The number of hydrogen-bond donors (Lipinski definition) is 0. The molecule has 0 spiro atoms. The molecule has 0 unspecified atom stereocenters. The van der Waals surface area contributed by atoms with E-state index in [4.69, 9.17) is 14.1 Å². The van der Waals surface area contributed by atoms with Gasteiger partial charge in [-0.15, -0.1) is 48.3 Å². The first-order valence-corrected chi connectivity index (χ1v) is 19.5. The third-order valence-corrected chi connectivity index (χ3v) is 11.1. The number of benzene rings is 7. The van der Waals surface area contributed by atoms with Gasteiger partial charge in [-0.25, -0.2) is 4.98 Å². The van der Waals surface area contributed by atoms with E-state index in [2.05, 4.69) is 176 Å². The minimum atomic E-state index is -0.0587. The summed E-state index contributed by atoms with van der Waals surface area (Å²) in [6, 6.07) is 61.7. The van der Waals surface area contributed by atoms with Gasteiger partial charge in [0.2, 0.25) is 0 Å². The van der Waals surface area contributed by atoms with E-state index in [9.17, 15) is 0 Å². The quantitative estimate of drug-likeness (QED) is 0.160. The van der Waals surface area contributed by atoms with Crippen LogP contribution < -0.4 is 19.4 Å². The van der Waals surface area contributed by atoms with Crippen LogP contribution in [0, 0.1) is 18.8 Å². The van der Waals surface area contributed by atoms with Crippen molar-refractivity contribution < 1.29 is 30.2 Å². The fourth-order valence-corrected chi connectivity index (χ4v) is 8.26. The first-order valence-electron chi connectivity index (χ1n) is 19.5. The monoisotopic (exact) mass is 944 g/mol. The molecule has 11 rings (SSSR count). The first kappa shape index (κ1) is 36.7. The fraction of sp³-hybridized carbons (Fsp3) is 0.0769. The molecule has 59 heavy (non-hydrogen) atoms. The molecule has 6 nitrogen and oxygen atoms in total. The summed E-state index contributed by atoms with van der Waals surface area (Å²) in [5.41, 5.74) is 13.2. The van der Waals surface area contributed by atoms with Gasteiger partial charge in [-0.3, -0.25) is 0 Å². The van der Waals surface area contributed by atoms with Crippen molar-refractivity contribution >= 4 is 61.9 Å². The number of rotatable bonds is 5. The van der Waals surface area contributed by atoms with E-state index in [0.29, 0.717) is 11.5 Å². The van der Waals surface area contributed by atoms with E-state index in [1.54, 1.807) is 0 Å². The number of para-hydroxylation sites is 4. The standard InChI is InChI=1S/C52H37N4O2.Pt/c1-52(2,3)34-27-28-53-51(29-34)56-45-19-8-6-17-41(45)39-15-4-5-16-40(39)42-26-24-38(32-48(42)56)57-37-14-12-13-35(30-37)54-33-55(47-21-10-9-20-46(47)54)36-23-25-44-43-18-7-11-22-49(43)58-50(44)31-36;/h4-29,31,33H,1-3H3;/q-3;. The number of aromatic nitrogens is 1. The second-order valence-electron chi connectivity index (χ2n) is 15.8. The molecule has 0 aliphatic carbocycles. The summed E-state index contributed by atoms with van der Waals surface area (Å²) >= 11 is 0. The van der Waals surface area contributed by atoms with Crippen molar-refractivity contribution in [2.24, 2.45) is 0 Å². The van der Waals surface area contributed by atoms with Crippen LogP contribution in [0.15, 0.2) is 168 Å². The Morgan fingerprint density at radius 1 is 0.576 bits per heavy atom. The predicted octanol–water partition coefficient (Wildman–Crippen LogP) is 14.2. The van der Waals surface area contributed by atoms with E-state index in [1.807, 2.05) is 42.6 Å². The molecule has 0 amide bonds. The van der Waals surface area contributed by atoms with Gasteiger partial charge in [-0.2, -0.15) is 12.1 Å². The van der Waals surface area contributed by atoms with Gasteiger partial charge in [0.15, 0.2) is 0 Å². The zero-order chi connectivity index (χ0) is 39.0. The molecule has 0 atom stereocenters.